The smallest absolute Gasteiger partial charge is 0.259 e. The Morgan fingerprint density at radius 2 is 2.10 bits per heavy atom. The third-order valence-corrected chi connectivity index (χ3v) is 6.53. The number of fused-ring (bicyclic) bond motifs is 1. The number of furan rings is 1. The van der Waals surface area contributed by atoms with E-state index in [2.05, 4.69) is 17.6 Å². The monoisotopic (exact) mass is 410 g/mol. The topological polar surface area (TPSA) is 63.5 Å². The third kappa shape index (κ3) is 4.17. The minimum Gasteiger partial charge on any atom is -0.495 e. The number of hydrogen-bond donors (Lipinski definition) is 2. The molecular formula is C23H26N2O3S. The lowest BCUT2D eigenvalue weighted by atomic mass is 9.88. The number of anilines is 2. The molecule has 0 saturated heterocycles. The van der Waals surface area contributed by atoms with Crippen molar-refractivity contribution in [3.05, 3.63) is 63.9 Å². The van der Waals surface area contributed by atoms with Crippen LogP contribution >= 0.6 is 11.3 Å². The van der Waals surface area contributed by atoms with Crippen molar-refractivity contribution in [3.63, 3.8) is 0 Å². The largest absolute Gasteiger partial charge is 0.495 e. The number of nitrogens with one attached hydrogen (secondary N) is 2. The van der Waals surface area contributed by atoms with Gasteiger partial charge in [0, 0.05) is 4.88 Å². The molecule has 4 rings (SSSR count). The van der Waals surface area contributed by atoms with Gasteiger partial charge in [0.15, 0.2) is 0 Å². The summed E-state index contributed by atoms with van der Waals surface area (Å²) in [6.45, 7) is 4.76. The zero-order valence-corrected chi connectivity index (χ0v) is 17.8. The highest BCUT2D eigenvalue weighted by Crippen LogP contribution is 2.40. The molecule has 0 aliphatic heterocycles. The van der Waals surface area contributed by atoms with Crippen LogP contribution in [0.4, 0.5) is 10.7 Å². The number of methoxy groups -OCH3 is 1. The minimum absolute atomic E-state index is 0.0975. The van der Waals surface area contributed by atoms with E-state index in [1.54, 1.807) is 18.4 Å². The third-order valence-electron chi connectivity index (χ3n) is 5.31. The van der Waals surface area contributed by atoms with Gasteiger partial charge in [-0.3, -0.25) is 4.79 Å². The maximum Gasteiger partial charge on any atom is 0.259 e. The summed E-state index contributed by atoms with van der Waals surface area (Å²) in [4.78, 5) is 14.6. The first-order chi connectivity index (χ1) is 14.0. The lowest BCUT2D eigenvalue weighted by molar-refractivity contribution is 0.102. The van der Waals surface area contributed by atoms with Crippen molar-refractivity contribution < 1.29 is 13.9 Å². The molecule has 0 spiro atoms. The predicted octanol–water partition coefficient (Wildman–Crippen LogP) is 5.65. The number of hydrogen-bond acceptors (Lipinski definition) is 5. The number of carbonyl (C=O) groups excluding carboxylic acids is 1. The van der Waals surface area contributed by atoms with Crippen LogP contribution in [0.3, 0.4) is 0 Å². The molecule has 0 bridgehead atoms. The molecular weight excluding hydrogens is 384 g/mol. The highest BCUT2D eigenvalue weighted by molar-refractivity contribution is 7.16. The molecule has 1 aliphatic carbocycles. The molecule has 0 saturated carbocycles. The Labute approximate surface area is 175 Å². The summed E-state index contributed by atoms with van der Waals surface area (Å²) >= 11 is 1.70. The molecule has 3 aromatic rings. The molecule has 5 nitrogen and oxygen atoms in total. The zero-order valence-electron chi connectivity index (χ0n) is 17.0. The van der Waals surface area contributed by atoms with Gasteiger partial charge in [0.1, 0.15) is 22.3 Å². The predicted molar refractivity (Wildman–Crippen MR) is 117 cm³/mol. The van der Waals surface area contributed by atoms with E-state index in [-0.39, 0.29) is 5.91 Å². The summed E-state index contributed by atoms with van der Waals surface area (Å²) in [7, 11) is 1.61. The highest BCUT2D eigenvalue weighted by atomic mass is 32.1. The van der Waals surface area contributed by atoms with Crippen LogP contribution < -0.4 is 15.4 Å². The van der Waals surface area contributed by atoms with Crippen molar-refractivity contribution in [1.29, 1.82) is 0 Å². The molecule has 2 N–H and O–H groups in total. The van der Waals surface area contributed by atoms with Gasteiger partial charge in [-0.25, -0.2) is 0 Å². The number of benzene rings is 1. The molecule has 6 heteroatoms. The zero-order chi connectivity index (χ0) is 20.4. The summed E-state index contributed by atoms with van der Waals surface area (Å²) < 4.78 is 11.1. The van der Waals surface area contributed by atoms with Gasteiger partial charge >= 0.3 is 0 Å². The lowest BCUT2D eigenvalue weighted by Crippen LogP contribution is -2.18. The second kappa shape index (κ2) is 8.33. The minimum atomic E-state index is -0.0975. The van der Waals surface area contributed by atoms with Crippen molar-refractivity contribution >= 4 is 27.9 Å². The van der Waals surface area contributed by atoms with Gasteiger partial charge in [0.2, 0.25) is 0 Å². The van der Waals surface area contributed by atoms with Crippen LogP contribution in [0.2, 0.25) is 0 Å². The van der Waals surface area contributed by atoms with Crippen molar-refractivity contribution in [2.75, 3.05) is 17.7 Å². The Hall–Kier alpha value is -2.73. The van der Waals surface area contributed by atoms with E-state index in [9.17, 15) is 4.79 Å². The molecule has 0 unspecified atom stereocenters. The van der Waals surface area contributed by atoms with Gasteiger partial charge in [-0.2, -0.15) is 0 Å². The van der Waals surface area contributed by atoms with Gasteiger partial charge in [-0.1, -0.05) is 19.1 Å². The Morgan fingerprint density at radius 1 is 1.28 bits per heavy atom. The molecule has 1 aromatic carbocycles. The lowest BCUT2D eigenvalue weighted by Gasteiger charge is -2.19. The number of para-hydroxylation sites is 2. The Bertz CT molecular complexity index is 1020. The maximum absolute atomic E-state index is 13.3. The fourth-order valence-electron chi connectivity index (χ4n) is 3.80. The van der Waals surface area contributed by atoms with Crippen LogP contribution in [0.25, 0.3) is 0 Å². The quantitative estimate of drug-likeness (QED) is 0.551. The maximum atomic E-state index is 13.3. The number of carbonyl (C=O) groups is 1. The molecule has 0 fully saturated rings. The van der Waals surface area contributed by atoms with Crippen LogP contribution in [0.1, 0.15) is 45.7 Å². The Kier molecular flexibility index (Phi) is 5.62. The summed E-state index contributed by atoms with van der Waals surface area (Å²) in [5.74, 6) is 2.94. The first kappa shape index (κ1) is 19.6. The number of aryl methyl sites for hydroxylation is 1. The van der Waals surface area contributed by atoms with Crippen LogP contribution in [0, 0.1) is 12.8 Å². The van der Waals surface area contributed by atoms with E-state index in [0.717, 1.165) is 41.3 Å². The van der Waals surface area contributed by atoms with Gasteiger partial charge in [0.25, 0.3) is 5.91 Å². The van der Waals surface area contributed by atoms with Crippen LogP contribution in [-0.4, -0.2) is 13.0 Å². The standard InChI is InChI=1S/C23H26N2O3S/c1-14-8-11-17-20(12-14)29-23(24-13-16-10-9-15(2)28-16)21(17)22(26)25-18-6-4-5-7-19(18)27-3/h4-7,9-10,14,24H,8,11-13H2,1-3H3,(H,25,26)/t14-/m1/s1. The molecule has 0 radical (unpaired) electrons. The second-order valence-corrected chi connectivity index (χ2v) is 8.68. The first-order valence-electron chi connectivity index (χ1n) is 9.93. The molecule has 152 valence electrons. The molecule has 1 atom stereocenters. The van der Waals surface area contributed by atoms with E-state index in [1.165, 1.54) is 10.4 Å². The van der Waals surface area contributed by atoms with Crippen molar-refractivity contribution in [3.8, 4) is 5.75 Å². The van der Waals surface area contributed by atoms with Crippen molar-refractivity contribution in [2.24, 2.45) is 5.92 Å². The highest BCUT2D eigenvalue weighted by Gasteiger charge is 2.28. The fraction of sp³-hybridized carbons (Fsp3) is 0.348. The van der Waals surface area contributed by atoms with Crippen LogP contribution in [0.15, 0.2) is 40.8 Å². The first-order valence-corrected chi connectivity index (χ1v) is 10.7. The number of amides is 1. The van der Waals surface area contributed by atoms with Crippen molar-refractivity contribution in [1.82, 2.24) is 0 Å². The van der Waals surface area contributed by atoms with Gasteiger partial charge in [-0.05, 0) is 61.9 Å². The van der Waals surface area contributed by atoms with Gasteiger partial charge < -0.3 is 19.8 Å². The van der Waals surface area contributed by atoms with E-state index in [0.29, 0.717) is 23.9 Å². The van der Waals surface area contributed by atoms with E-state index < -0.39 is 0 Å². The van der Waals surface area contributed by atoms with Crippen molar-refractivity contribution in [2.45, 2.75) is 39.7 Å². The number of ether oxygens (including phenoxy) is 1. The van der Waals surface area contributed by atoms with Crippen LogP contribution in [-0.2, 0) is 19.4 Å². The van der Waals surface area contributed by atoms with E-state index in [1.807, 2.05) is 43.3 Å². The fourth-order valence-corrected chi connectivity index (χ4v) is 5.20. The summed E-state index contributed by atoms with van der Waals surface area (Å²) in [6.07, 6.45) is 3.06. The Morgan fingerprint density at radius 3 is 2.86 bits per heavy atom. The summed E-state index contributed by atoms with van der Waals surface area (Å²) in [6, 6.07) is 11.4. The molecule has 1 aliphatic rings. The average molecular weight is 411 g/mol. The van der Waals surface area contributed by atoms with E-state index in [4.69, 9.17) is 9.15 Å². The summed E-state index contributed by atoms with van der Waals surface area (Å²) in [5, 5.41) is 7.40. The molecule has 1 amide bonds. The second-order valence-electron chi connectivity index (χ2n) is 7.58. The summed E-state index contributed by atoms with van der Waals surface area (Å²) in [5.41, 5.74) is 2.61. The van der Waals surface area contributed by atoms with E-state index >= 15 is 0 Å². The Balaban J connectivity index is 1.63. The molecule has 29 heavy (non-hydrogen) atoms. The molecule has 2 aromatic heterocycles. The number of thiophene rings is 1. The number of rotatable bonds is 6. The van der Waals surface area contributed by atoms with Gasteiger partial charge in [0.05, 0.1) is 24.9 Å². The average Bonchev–Trinajstić information content (AvgIpc) is 3.29. The normalized spacial score (nSPS) is 15.6. The SMILES string of the molecule is COc1ccccc1NC(=O)c1c(NCc2ccc(C)o2)sc2c1CC[C@@H](C)C2. The van der Waals surface area contributed by atoms with Gasteiger partial charge in [-0.15, -0.1) is 11.3 Å². The van der Waals surface area contributed by atoms with Crippen LogP contribution in [0.5, 0.6) is 5.75 Å². The molecule has 2 heterocycles.